The minimum atomic E-state index is 0.542. The van der Waals surface area contributed by atoms with Gasteiger partial charge in [0.05, 0.1) is 0 Å². The molecule has 0 saturated heterocycles. The molecule has 0 amide bonds. The topological polar surface area (TPSA) is 12.0 Å². The second kappa shape index (κ2) is 3.27. The van der Waals surface area contributed by atoms with E-state index >= 15 is 0 Å². The molecule has 0 bridgehead atoms. The third-order valence-electron chi connectivity index (χ3n) is 3.35. The van der Waals surface area contributed by atoms with Gasteiger partial charge in [0.1, 0.15) is 0 Å². The highest BCUT2D eigenvalue weighted by molar-refractivity contribution is 5.65. The summed E-state index contributed by atoms with van der Waals surface area (Å²) >= 11 is 0. The summed E-state index contributed by atoms with van der Waals surface area (Å²) in [5.74, 6) is 1.13. The van der Waals surface area contributed by atoms with Crippen LogP contribution in [0.1, 0.15) is 24.8 Å². The molecule has 3 rings (SSSR count). The lowest BCUT2D eigenvalue weighted by atomic mass is 9.87. The van der Waals surface area contributed by atoms with Crippen molar-refractivity contribution in [3.8, 4) is 0 Å². The summed E-state index contributed by atoms with van der Waals surface area (Å²) in [4.78, 5) is 0. The van der Waals surface area contributed by atoms with Crippen LogP contribution in [0.25, 0.3) is 0 Å². The lowest BCUT2D eigenvalue weighted by Gasteiger charge is -2.16. The zero-order valence-corrected chi connectivity index (χ0v) is 8.90. The van der Waals surface area contributed by atoms with Crippen molar-refractivity contribution >= 4 is 5.69 Å². The number of para-hydroxylation sites is 1. The molecule has 0 fully saturated rings. The minimum Gasteiger partial charge on any atom is -0.358 e. The zero-order chi connectivity index (χ0) is 10.3. The van der Waals surface area contributed by atoms with Gasteiger partial charge in [-0.05, 0) is 24.0 Å². The molecule has 0 spiro atoms. The van der Waals surface area contributed by atoms with E-state index in [-0.39, 0.29) is 0 Å². The molecule has 76 valence electrons. The fourth-order valence-electron chi connectivity index (χ4n) is 2.63. The summed E-state index contributed by atoms with van der Waals surface area (Å²) in [5.41, 5.74) is 4.12. The lowest BCUT2D eigenvalue weighted by Crippen LogP contribution is -2.07. The Morgan fingerprint density at radius 1 is 1.27 bits per heavy atom. The van der Waals surface area contributed by atoms with Gasteiger partial charge in [0.15, 0.2) is 0 Å². The van der Waals surface area contributed by atoms with Crippen LogP contribution in [0.2, 0.25) is 0 Å². The average molecular weight is 197 g/mol. The molecule has 2 atom stereocenters. The molecule has 1 heterocycles. The predicted molar refractivity (Wildman–Crippen MR) is 63.8 cm³/mol. The standard InChI is InChI=1S/C14H15N/c1-10-6-2-4-9-13-14(10)11-7-3-5-8-12(11)15-13/h2-3,5-10,14-15H,4H2,1H3. The molecule has 1 N–H and O–H groups in total. The quantitative estimate of drug-likeness (QED) is 0.626. The third kappa shape index (κ3) is 1.30. The third-order valence-corrected chi connectivity index (χ3v) is 3.35. The van der Waals surface area contributed by atoms with Gasteiger partial charge in [-0.15, -0.1) is 0 Å². The van der Waals surface area contributed by atoms with Gasteiger partial charge < -0.3 is 5.32 Å². The molecular formula is C14H15N. The van der Waals surface area contributed by atoms with Gasteiger partial charge in [-0.25, -0.2) is 0 Å². The van der Waals surface area contributed by atoms with Crippen molar-refractivity contribution in [2.24, 2.45) is 5.92 Å². The number of rotatable bonds is 0. The van der Waals surface area contributed by atoms with E-state index in [2.05, 4.69) is 54.7 Å². The van der Waals surface area contributed by atoms with Crippen molar-refractivity contribution in [1.82, 2.24) is 0 Å². The Morgan fingerprint density at radius 3 is 3.07 bits per heavy atom. The van der Waals surface area contributed by atoms with Gasteiger partial charge in [-0.2, -0.15) is 0 Å². The molecule has 1 heteroatoms. The molecule has 2 aliphatic rings. The maximum Gasteiger partial charge on any atom is 0.0421 e. The van der Waals surface area contributed by atoms with Crippen molar-refractivity contribution in [3.05, 3.63) is 53.8 Å². The van der Waals surface area contributed by atoms with Gasteiger partial charge in [0, 0.05) is 17.3 Å². The molecule has 0 saturated carbocycles. The number of nitrogens with one attached hydrogen (secondary N) is 1. The summed E-state index contributed by atoms with van der Waals surface area (Å²) in [6.45, 7) is 2.30. The van der Waals surface area contributed by atoms with Crippen molar-refractivity contribution in [1.29, 1.82) is 0 Å². The van der Waals surface area contributed by atoms with Crippen LogP contribution in [0.3, 0.4) is 0 Å². The molecule has 0 aromatic heterocycles. The highest BCUT2D eigenvalue weighted by Crippen LogP contribution is 2.44. The number of allylic oxidation sites excluding steroid dienone is 4. The number of fused-ring (bicyclic) bond motifs is 3. The van der Waals surface area contributed by atoms with E-state index in [0.717, 1.165) is 6.42 Å². The van der Waals surface area contributed by atoms with Crippen LogP contribution in [0.15, 0.2) is 48.2 Å². The zero-order valence-electron chi connectivity index (χ0n) is 8.90. The largest absolute Gasteiger partial charge is 0.358 e. The summed E-state index contributed by atoms with van der Waals surface area (Å²) in [6.07, 6.45) is 7.96. The first-order valence-corrected chi connectivity index (χ1v) is 5.59. The van der Waals surface area contributed by atoms with E-state index in [1.54, 1.807) is 0 Å². The van der Waals surface area contributed by atoms with Gasteiger partial charge in [-0.3, -0.25) is 0 Å². The van der Waals surface area contributed by atoms with Crippen LogP contribution in [0, 0.1) is 5.92 Å². The van der Waals surface area contributed by atoms with Gasteiger partial charge in [-0.1, -0.05) is 43.4 Å². The Bertz CT molecular complexity index is 442. The summed E-state index contributed by atoms with van der Waals surface area (Å²) in [6, 6.07) is 8.63. The normalized spacial score (nSPS) is 27.4. The Kier molecular flexibility index (Phi) is 1.91. The van der Waals surface area contributed by atoms with Crippen molar-refractivity contribution in [2.45, 2.75) is 19.3 Å². The van der Waals surface area contributed by atoms with Gasteiger partial charge >= 0.3 is 0 Å². The van der Waals surface area contributed by atoms with Gasteiger partial charge in [0.2, 0.25) is 0 Å². The fraction of sp³-hybridized carbons (Fsp3) is 0.286. The van der Waals surface area contributed by atoms with Crippen molar-refractivity contribution in [2.75, 3.05) is 5.32 Å². The Hall–Kier alpha value is -1.50. The summed E-state index contributed by atoms with van der Waals surface area (Å²) < 4.78 is 0. The second-order valence-corrected chi connectivity index (χ2v) is 4.37. The maximum atomic E-state index is 3.53. The molecule has 1 aromatic carbocycles. The molecule has 1 nitrogen and oxygen atoms in total. The minimum absolute atomic E-state index is 0.542. The summed E-state index contributed by atoms with van der Waals surface area (Å²) in [5, 5.41) is 3.53. The van der Waals surface area contributed by atoms with Crippen molar-refractivity contribution in [3.63, 3.8) is 0 Å². The molecule has 1 aromatic rings. The average Bonchev–Trinajstić information content (AvgIpc) is 2.53. The number of hydrogen-bond acceptors (Lipinski definition) is 1. The highest BCUT2D eigenvalue weighted by atomic mass is 14.9. The smallest absolute Gasteiger partial charge is 0.0421 e. The molecular weight excluding hydrogens is 182 g/mol. The molecule has 2 unspecified atom stereocenters. The second-order valence-electron chi connectivity index (χ2n) is 4.37. The Labute approximate surface area is 90.5 Å². The monoisotopic (exact) mass is 197 g/mol. The van der Waals surface area contributed by atoms with Crippen LogP contribution >= 0.6 is 0 Å². The first kappa shape index (κ1) is 8.78. The predicted octanol–water partition coefficient (Wildman–Crippen LogP) is 3.68. The van der Waals surface area contributed by atoms with E-state index < -0.39 is 0 Å². The van der Waals surface area contributed by atoms with E-state index in [1.165, 1.54) is 16.9 Å². The fourth-order valence-corrected chi connectivity index (χ4v) is 2.63. The number of anilines is 1. The highest BCUT2D eigenvalue weighted by Gasteiger charge is 2.30. The lowest BCUT2D eigenvalue weighted by molar-refractivity contribution is 0.635. The number of benzene rings is 1. The van der Waals surface area contributed by atoms with Crippen LogP contribution in [-0.2, 0) is 0 Å². The first-order valence-electron chi connectivity index (χ1n) is 5.59. The van der Waals surface area contributed by atoms with Crippen LogP contribution in [0.5, 0.6) is 0 Å². The SMILES string of the molecule is CC1C=CCC=C2Nc3ccccc3C21. The van der Waals surface area contributed by atoms with E-state index in [0.29, 0.717) is 11.8 Å². The van der Waals surface area contributed by atoms with Crippen molar-refractivity contribution < 1.29 is 0 Å². The molecule has 1 aliphatic carbocycles. The Morgan fingerprint density at radius 2 is 2.13 bits per heavy atom. The van der Waals surface area contributed by atoms with Gasteiger partial charge in [0.25, 0.3) is 0 Å². The van der Waals surface area contributed by atoms with E-state index in [1.807, 2.05) is 0 Å². The van der Waals surface area contributed by atoms with Crippen LogP contribution < -0.4 is 5.32 Å². The Balaban J connectivity index is 2.12. The van der Waals surface area contributed by atoms with Crippen LogP contribution in [0.4, 0.5) is 5.69 Å². The maximum absolute atomic E-state index is 3.53. The molecule has 0 radical (unpaired) electrons. The van der Waals surface area contributed by atoms with Crippen LogP contribution in [-0.4, -0.2) is 0 Å². The molecule has 1 aliphatic heterocycles. The molecule has 15 heavy (non-hydrogen) atoms. The van der Waals surface area contributed by atoms with E-state index in [9.17, 15) is 0 Å². The first-order chi connectivity index (χ1) is 7.36. The summed E-state index contributed by atoms with van der Waals surface area (Å²) in [7, 11) is 0. The van der Waals surface area contributed by atoms with E-state index in [4.69, 9.17) is 0 Å². The number of hydrogen-bond donors (Lipinski definition) is 1.